The molecule has 0 radical (unpaired) electrons. The van der Waals surface area contributed by atoms with Crippen LogP contribution in [0.5, 0.6) is 0 Å². The predicted molar refractivity (Wildman–Crippen MR) is 81.2 cm³/mol. The van der Waals surface area contributed by atoms with Gasteiger partial charge in [-0.05, 0) is 42.7 Å². The molecule has 0 amide bonds. The second-order valence-corrected chi connectivity index (χ2v) is 6.71. The zero-order chi connectivity index (χ0) is 12.8. The van der Waals surface area contributed by atoms with E-state index in [9.17, 15) is 0 Å². The van der Waals surface area contributed by atoms with Crippen LogP contribution >= 0.6 is 11.8 Å². The molecule has 1 aromatic carbocycles. The van der Waals surface area contributed by atoms with Crippen molar-refractivity contribution in [2.24, 2.45) is 5.92 Å². The van der Waals surface area contributed by atoms with Gasteiger partial charge in [-0.1, -0.05) is 44.9 Å². The summed E-state index contributed by atoms with van der Waals surface area (Å²) < 4.78 is 0. The Hall–Kier alpha value is -0.470. The van der Waals surface area contributed by atoms with E-state index in [1.807, 2.05) is 11.8 Å². The summed E-state index contributed by atoms with van der Waals surface area (Å²) in [5.41, 5.74) is 1.51. The van der Waals surface area contributed by atoms with Gasteiger partial charge in [-0.15, -0.1) is 11.8 Å². The normalized spacial score (nSPS) is 18.9. The van der Waals surface area contributed by atoms with Crippen molar-refractivity contribution in [3.05, 3.63) is 29.8 Å². The second-order valence-electron chi connectivity index (χ2n) is 5.57. The lowest BCUT2D eigenvalue weighted by Gasteiger charge is -2.26. The summed E-state index contributed by atoms with van der Waals surface area (Å²) in [6.45, 7) is 5.78. The van der Waals surface area contributed by atoms with E-state index in [0.29, 0.717) is 6.04 Å². The third kappa shape index (κ3) is 4.03. The summed E-state index contributed by atoms with van der Waals surface area (Å²) in [5, 5.41) is 3.74. The summed E-state index contributed by atoms with van der Waals surface area (Å²) in [6, 6.07) is 9.44. The molecule has 0 spiro atoms. The summed E-state index contributed by atoms with van der Waals surface area (Å²) >= 11 is 2.00. The monoisotopic (exact) mass is 263 g/mol. The lowest BCUT2D eigenvalue weighted by Crippen LogP contribution is -2.25. The minimum absolute atomic E-state index is 0.585. The Morgan fingerprint density at radius 3 is 2.94 bits per heavy atom. The SMILES string of the molecule is CC(C)CCCCNC1CCSc2ccccc21. The van der Waals surface area contributed by atoms with Crippen LogP contribution in [0.25, 0.3) is 0 Å². The summed E-state index contributed by atoms with van der Waals surface area (Å²) in [6.07, 6.45) is 5.29. The topological polar surface area (TPSA) is 12.0 Å². The van der Waals surface area contributed by atoms with Gasteiger partial charge in [0.2, 0.25) is 0 Å². The Balaban J connectivity index is 1.77. The number of thioether (sulfide) groups is 1. The lowest BCUT2D eigenvalue weighted by molar-refractivity contribution is 0.472. The van der Waals surface area contributed by atoms with Crippen LogP contribution < -0.4 is 5.32 Å². The summed E-state index contributed by atoms with van der Waals surface area (Å²) in [7, 11) is 0. The molecule has 1 heterocycles. The lowest BCUT2D eigenvalue weighted by atomic mass is 10.0. The molecular weight excluding hydrogens is 238 g/mol. The number of unbranched alkanes of at least 4 members (excludes halogenated alkanes) is 1. The first-order valence-corrected chi connectivity index (χ1v) is 8.21. The van der Waals surface area contributed by atoms with Gasteiger partial charge in [-0.2, -0.15) is 0 Å². The van der Waals surface area contributed by atoms with Gasteiger partial charge in [0.05, 0.1) is 0 Å². The first-order chi connectivity index (χ1) is 8.77. The maximum atomic E-state index is 3.74. The molecule has 1 N–H and O–H groups in total. The highest BCUT2D eigenvalue weighted by Gasteiger charge is 2.19. The highest BCUT2D eigenvalue weighted by Crippen LogP contribution is 2.35. The highest BCUT2D eigenvalue weighted by molar-refractivity contribution is 7.99. The molecule has 0 saturated heterocycles. The van der Waals surface area contributed by atoms with Crippen molar-refractivity contribution in [2.75, 3.05) is 12.3 Å². The Kier molecular flexibility index (Phi) is 5.58. The molecule has 0 fully saturated rings. The van der Waals surface area contributed by atoms with Crippen molar-refractivity contribution in [1.82, 2.24) is 5.32 Å². The average Bonchev–Trinajstić information content (AvgIpc) is 2.38. The van der Waals surface area contributed by atoms with Crippen molar-refractivity contribution in [1.29, 1.82) is 0 Å². The smallest absolute Gasteiger partial charge is 0.0339 e. The van der Waals surface area contributed by atoms with Gasteiger partial charge in [0.15, 0.2) is 0 Å². The highest BCUT2D eigenvalue weighted by atomic mass is 32.2. The van der Waals surface area contributed by atoms with Crippen LogP contribution in [-0.2, 0) is 0 Å². The van der Waals surface area contributed by atoms with Gasteiger partial charge in [-0.3, -0.25) is 0 Å². The van der Waals surface area contributed by atoms with E-state index in [-0.39, 0.29) is 0 Å². The van der Waals surface area contributed by atoms with Crippen LogP contribution in [0.15, 0.2) is 29.2 Å². The molecule has 0 saturated carbocycles. The molecule has 0 bridgehead atoms. The zero-order valence-corrected chi connectivity index (χ0v) is 12.4. The van der Waals surface area contributed by atoms with Crippen LogP contribution in [-0.4, -0.2) is 12.3 Å². The zero-order valence-electron chi connectivity index (χ0n) is 11.6. The van der Waals surface area contributed by atoms with Gasteiger partial charge in [0, 0.05) is 10.9 Å². The van der Waals surface area contributed by atoms with Crippen LogP contribution in [0.2, 0.25) is 0 Å². The van der Waals surface area contributed by atoms with Crippen LogP contribution in [0.1, 0.15) is 51.1 Å². The standard InChI is InChI=1S/C16H25NS/c1-13(2)7-5-6-11-17-15-10-12-18-16-9-4-3-8-14(15)16/h3-4,8-9,13,15,17H,5-7,10-12H2,1-2H3. The number of nitrogens with one attached hydrogen (secondary N) is 1. The predicted octanol–water partition coefficient (Wildman–Crippen LogP) is 4.64. The molecule has 2 rings (SSSR count). The maximum absolute atomic E-state index is 3.74. The van der Waals surface area contributed by atoms with E-state index in [0.717, 1.165) is 12.5 Å². The molecule has 1 aromatic rings. The number of fused-ring (bicyclic) bond motifs is 1. The minimum atomic E-state index is 0.585. The molecule has 1 nitrogen and oxygen atoms in total. The fraction of sp³-hybridized carbons (Fsp3) is 0.625. The Labute approximate surface area is 116 Å². The quantitative estimate of drug-likeness (QED) is 0.750. The summed E-state index contributed by atoms with van der Waals surface area (Å²) in [5.74, 6) is 2.09. The average molecular weight is 263 g/mol. The molecule has 18 heavy (non-hydrogen) atoms. The summed E-state index contributed by atoms with van der Waals surface area (Å²) in [4.78, 5) is 1.48. The van der Waals surface area contributed by atoms with E-state index in [4.69, 9.17) is 0 Å². The van der Waals surface area contributed by atoms with Gasteiger partial charge in [-0.25, -0.2) is 0 Å². The van der Waals surface area contributed by atoms with Gasteiger partial charge >= 0.3 is 0 Å². The number of benzene rings is 1. The first kappa shape index (κ1) is 14.0. The Bertz CT molecular complexity index is 362. The number of rotatable bonds is 6. The molecule has 2 heteroatoms. The van der Waals surface area contributed by atoms with E-state index < -0.39 is 0 Å². The van der Waals surface area contributed by atoms with Crippen molar-refractivity contribution >= 4 is 11.8 Å². The number of hydrogen-bond acceptors (Lipinski definition) is 2. The van der Waals surface area contributed by atoms with Crippen LogP contribution in [0.3, 0.4) is 0 Å². The molecule has 100 valence electrons. The van der Waals surface area contributed by atoms with Gasteiger partial charge in [0.1, 0.15) is 0 Å². The largest absolute Gasteiger partial charge is 0.310 e. The Morgan fingerprint density at radius 1 is 1.28 bits per heavy atom. The third-order valence-electron chi connectivity index (χ3n) is 3.56. The van der Waals surface area contributed by atoms with E-state index in [1.54, 1.807) is 0 Å². The fourth-order valence-electron chi connectivity index (χ4n) is 2.51. The molecule has 1 unspecified atom stereocenters. The minimum Gasteiger partial charge on any atom is -0.310 e. The van der Waals surface area contributed by atoms with Crippen LogP contribution in [0.4, 0.5) is 0 Å². The molecule has 1 aliphatic rings. The van der Waals surface area contributed by atoms with E-state index >= 15 is 0 Å². The van der Waals surface area contributed by atoms with Crippen molar-refractivity contribution in [2.45, 2.75) is 50.5 Å². The first-order valence-electron chi connectivity index (χ1n) is 7.22. The number of hydrogen-bond donors (Lipinski definition) is 1. The Morgan fingerprint density at radius 2 is 2.11 bits per heavy atom. The van der Waals surface area contributed by atoms with Gasteiger partial charge in [0.25, 0.3) is 0 Å². The maximum Gasteiger partial charge on any atom is 0.0339 e. The van der Waals surface area contributed by atoms with Crippen molar-refractivity contribution in [3.63, 3.8) is 0 Å². The molecule has 1 atom stereocenters. The van der Waals surface area contributed by atoms with Crippen LogP contribution in [0, 0.1) is 5.92 Å². The molecule has 0 aliphatic carbocycles. The van der Waals surface area contributed by atoms with Gasteiger partial charge < -0.3 is 5.32 Å². The molecular formula is C16H25NS. The van der Waals surface area contributed by atoms with E-state index in [2.05, 4.69) is 43.4 Å². The molecule has 1 aliphatic heterocycles. The third-order valence-corrected chi connectivity index (χ3v) is 4.68. The fourth-order valence-corrected chi connectivity index (χ4v) is 3.63. The molecule has 0 aromatic heterocycles. The second kappa shape index (κ2) is 7.20. The van der Waals surface area contributed by atoms with Crippen molar-refractivity contribution < 1.29 is 0 Å². The van der Waals surface area contributed by atoms with Crippen molar-refractivity contribution in [3.8, 4) is 0 Å². The van der Waals surface area contributed by atoms with E-state index in [1.165, 1.54) is 41.9 Å².